The Morgan fingerprint density at radius 1 is 1.24 bits per heavy atom. The molecule has 0 amide bonds. The summed E-state index contributed by atoms with van der Waals surface area (Å²) in [5.74, 6) is -0.966. The molecule has 0 aromatic carbocycles. The van der Waals surface area contributed by atoms with Crippen molar-refractivity contribution < 1.29 is 12.8 Å². The van der Waals surface area contributed by atoms with E-state index >= 15 is 0 Å². The normalized spacial score (nSPS) is 26.1. The number of hydrogen-bond acceptors (Lipinski definition) is 8. The summed E-state index contributed by atoms with van der Waals surface area (Å²) in [7, 11) is -3.72. The van der Waals surface area contributed by atoms with Gasteiger partial charge in [-0.3, -0.25) is 15.0 Å². The second kappa shape index (κ2) is 7.50. The maximum Gasteiger partial charge on any atom is 0.205 e. The second-order valence-corrected chi connectivity index (χ2v) is 11.6. The first-order valence-electron chi connectivity index (χ1n) is 10.8. The number of halogens is 1. The van der Waals surface area contributed by atoms with Gasteiger partial charge in [-0.25, -0.2) is 27.6 Å². The van der Waals surface area contributed by atoms with Gasteiger partial charge in [0.2, 0.25) is 5.69 Å². The molecule has 0 spiro atoms. The molecule has 1 aliphatic heterocycles. The summed E-state index contributed by atoms with van der Waals surface area (Å²) < 4.78 is 40.3. The number of nitrogens with zero attached hydrogens (tertiary/aromatic N) is 6. The number of aromatic nitrogens is 4. The molecule has 2 N–H and O–H groups in total. The lowest BCUT2D eigenvalue weighted by Crippen LogP contribution is -2.58. The number of pyridine rings is 2. The third kappa shape index (κ3) is 3.40. The Balaban J connectivity index is 1.55. The molecule has 9 nitrogen and oxygen atoms in total. The number of hydrogen-bond donors (Lipinski definition) is 1. The number of nitrogens with two attached hydrogens (primary N) is 1. The number of aliphatic imine (C=N–C) groups is 1. The number of fused-ring (bicyclic) bond motifs is 1. The standard InChI is InChI=1S/C23H22FN7O2S/c1-22(12-34(32,33)23(2,14-4-5-14)21(25)31-22)20-16(24)11-28-18(30-20)9-17-19-13(6-7-27-17)8-15(26-3)10-29-19/h6-8,10-11,14H,4-5,9,12H2,1-2H3,(H2,25,31)/t22-,23-/m0/s1. The fourth-order valence-corrected chi connectivity index (χ4v) is 6.97. The van der Waals surface area contributed by atoms with Gasteiger partial charge in [-0.2, -0.15) is 0 Å². The average Bonchev–Trinajstić information content (AvgIpc) is 3.64. The third-order valence-corrected chi connectivity index (χ3v) is 9.55. The molecular formula is C23H22FN7O2S. The van der Waals surface area contributed by atoms with Crippen LogP contribution < -0.4 is 5.73 Å². The zero-order valence-electron chi connectivity index (χ0n) is 18.7. The molecule has 4 heterocycles. The molecule has 11 heteroatoms. The largest absolute Gasteiger partial charge is 0.386 e. The van der Waals surface area contributed by atoms with E-state index in [1.165, 1.54) is 13.1 Å². The lowest BCUT2D eigenvalue weighted by molar-refractivity contribution is 0.446. The van der Waals surface area contributed by atoms with E-state index in [-0.39, 0.29) is 29.7 Å². The van der Waals surface area contributed by atoms with Crippen molar-refractivity contribution in [2.75, 3.05) is 5.75 Å². The smallest absolute Gasteiger partial charge is 0.205 e. The summed E-state index contributed by atoms with van der Waals surface area (Å²) in [6, 6.07) is 3.46. The van der Waals surface area contributed by atoms with Gasteiger partial charge in [-0.15, -0.1) is 0 Å². The number of rotatable bonds is 4. The molecule has 0 saturated heterocycles. The summed E-state index contributed by atoms with van der Waals surface area (Å²) >= 11 is 0. The van der Waals surface area contributed by atoms with Crippen molar-refractivity contribution in [1.82, 2.24) is 19.9 Å². The van der Waals surface area contributed by atoms with Crippen LogP contribution in [0.1, 0.15) is 43.9 Å². The lowest BCUT2D eigenvalue weighted by atomic mass is 9.97. The average molecular weight is 480 g/mol. The van der Waals surface area contributed by atoms with Crippen LogP contribution in [0, 0.1) is 18.3 Å². The van der Waals surface area contributed by atoms with E-state index in [2.05, 4.69) is 29.8 Å². The highest BCUT2D eigenvalue weighted by Gasteiger charge is 2.59. The first kappa shape index (κ1) is 22.3. The predicted octanol–water partition coefficient (Wildman–Crippen LogP) is 2.87. The van der Waals surface area contributed by atoms with Crippen LogP contribution >= 0.6 is 0 Å². The molecule has 1 saturated carbocycles. The molecule has 3 aromatic rings. The topological polar surface area (TPSA) is 128 Å². The fourth-order valence-electron chi connectivity index (χ4n) is 4.62. The van der Waals surface area contributed by atoms with Gasteiger partial charge in [0.1, 0.15) is 27.6 Å². The van der Waals surface area contributed by atoms with Crippen LogP contribution in [0.2, 0.25) is 0 Å². The highest BCUT2D eigenvalue weighted by atomic mass is 32.2. The van der Waals surface area contributed by atoms with Gasteiger partial charge in [0, 0.05) is 12.4 Å². The van der Waals surface area contributed by atoms with E-state index < -0.39 is 31.7 Å². The van der Waals surface area contributed by atoms with E-state index in [9.17, 15) is 12.8 Å². The molecular weight excluding hydrogens is 457 g/mol. The molecule has 34 heavy (non-hydrogen) atoms. The van der Waals surface area contributed by atoms with E-state index in [1.807, 2.05) is 0 Å². The van der Waals surface area contributed by atoms with Crippen molar-refractivity contribution in [3.05, 3.63) is 65.2 Å². The minimum atomic E-state index is -3.72. The predicted molar refractivity (Wildman–Crippen MR) is 124 cm³/mol. The molecule has 0 radical (unpaired) electrons. The lowest BCUT2D eigenvalue weighted by Gasteiger charge is -2.39. The monoisotopic (exact) mass is 479 g/mol. The van der Waals surface area contributed by atoms with Crippen molar-refractivity contribution in [1.29, 1.82) is 0 Å². The SMILES string of the molecule is [C-]#[N+]c1cnc2c(Cc3ncc(F)c([C@]4(C)CS(=O)(=O)[C@@](C)(C5CC5)C(N)=N4)n3)nccc2c1. The van der Waals surface area contributed by atoms with E-state index in [0.717, 1.165) is 24.4 Å². The molecule has 1 aliphatic carbocycles. The van der Waals surface area contributed by atoms with E-state index in [4.69, 9.17) is 12.3 Å². The van der Waals surface area contributed by atoms with Gasteiger partial charge in [0.15, 0.2) is 15.7 Å². The Morgan fingerprint density at radius 2 is 2.00 bits per heavy atom. The molecule has 2 aliphatic rings. The maximum absolute atomic E-state index is 14.9. The van der Waals surface area contributed by atoms with Crippen LogP contribution in [0.4, 0.5) is 10.1 Å². The number of sulfone groups is 1. The van der Waals surface area contributed by atoms with Crippen molar-refractivity contribution in [2.45, 2.75) is 43.4 Å². The summed E-state index contributed by atoms with van der Waals surface area (Å²) in [6.07, 6.45) is 5.76. The third-order valence-electron chi connectivity index (χ3n) is 6.77. The Labute approximate surface area is 196 Å². The van der Waals surface area contributed by atoms with Crippen molar-refractivity contribution >= 4 is 32.3 Å². The zero-order valence-corrected chi connectivity index (χ0v) is 19.5. The minimum Gasteiger partial charge on any atom is -0.386 e. The van der Waals surface area contributed by atoms with Crippen LogP contribution in [-0.2, 0) is 21.8 Å². The quantitative estimate of drug-likeness (QED) is 0.570. The molecule has 174 valence electrons. The molecule has 0 unspecified atom stereocenters. The van der Waals surface area contributed by atoms with Gasteiger partial charge < -0.3 is 5.73 Å². The van der Waals surface area contributed by atoms with Crippen molar-refractivity contribution in [2.24, 2.45) is 16.6 Å². The molecule has 1 fully saturated rings. The van der Waals surface area contributed by atoms with Gasteiger partial charge in [-0.05, 0) is 50.1 Å². The van der Waals surface area contributed by atoms with Gasteiger partial charge in [-0.1, -0.05) is 0 Å². The van der Waals surface area contributed by atoms with Crippen LogP contribution in [0.3, 0.4) is 0 Å². The van der Waals surface area contributed by atoms with Gasteiger partial charge in [0.25, 0.3) is 0 Å². The van der Waals surface area contributed by atoms with Crippen LogP contribution in [0.15, 0.2) is 35.7 Å². The van der Waals surface area contributed by atoms with Crippen molar-refractivity contribution in [3.63, 3.8) is 0 Å². The molecule has 2 atom stereocenters. The maximum atomic E-state index is 14.9. The molecule has 3 aromatic heterocycles. The first-order chi connectivity index (χ1) is 16.1. The summed E-state index contributed by atoms with van der Waals surface area (Å²) in [5.41, 5.74) is 6.15. The Kier molecular flexibility index (Phi) is 4.91. The second-order valence-electron chi connectivity index (χ2n) is 9.21. The summed E-state index contributed by atoms with van der Waals surface area (Å²) in [5, 5.41) is 0.739. The van der Waals surface area contributed by atoms with E-state index in [0.29, 0.717) is 16.9 Å². The minimum absolute atomic E-state index is 0.00107. The highest BCUT2D eigenvalue weighted by Crippen LogP contribution is 2.49. The Bertz CT molecular complexity index is 1510. The van der Waals surface area contributed by atoms with Crippen LogP contribution in [-0.4, -0.2) is 44.7 Å². The van der Waals surface area contributed by atoms with Gasteiger partial charge >= 0.3 is 0 Å². The van der Waals surface area contributed by atoms with Crippen molar-refractivity contribution in [3.8, 4) is 0 Å². The molecule has 5 rings (SSSR count). The Morgan fingerprint density at radius 3 is 2.68 bits per heavy atom. The highest BCUT2D eigenvalue weighted by molar-refractivity contribution is 7.93. The fraction of sp³-hybridized carbons (Fsp3) is 0.391. The summed E-state index contributed by atoms with van der Waals surface area (Å²) in [4.78, 5) is 25.1. The summed E-state index contributed by atoms with van der Waals surface area (Å²) in [6.45, 7) is 10.3. The Hall–Kier alpha value is -3.52. The number of amidine groups is 1. The van der Waals surface area contributed by atoms with Crippen LogP contribution in [0.5, 0.6) is 0 Å². The van der Waals surface area contributed by atoms with Gasteiger partial charge in [0.05, 0.1) is 36.2 Å². The van der Waals surface area contributed by atoms with E-state index in [1.54, 1.807) is 25.3 Å². The zero-order chi connectivity index (χ0) is 24.3. The molecule has 0 bridgehead atoms. The first-order valence-corrected chi connectivity index (χ1v) is 12.4. The van der Waals surface area contributed by atoms with Crippen LogP contribution in [0.25, 0.3) is 15.7 Å².